The first-order chi connectivity index (χ1) is 10.1. The summed E-state index contributed by atoms with van der Waals surface area (Å²) in [6.07, 6.45) is 1.44. The first-order valence-corrected chi connectivity index (χ1v) is 6.49. The number of hydrogen-bond acceptors (Lipinski definition) is 5. The van der Waals surface area contributed by atoms with Crippen LogP contribution in [0.25, 0.3) is 0 Å². The van der Waals surface area contributed by atoms with Gasteiger partial charge in [0, 0.05) is 11.8 Å². The Bertz CT molecular complexity index is 725. The molecular formula is C15H13N3O3. The van der Waals surface area contributed by atoms with E-state index in [0.29, 0.717) is 35.0 Å². The van der Waals surface area contributed by atoms with Crippen molar-refractivity contribution in [1.82, 2.24) is 4.98 Å². The molecule has 0 radical (unpaired) electrons. The number of imide groups is 1. The molecule has 2 aromatic rings. The fourth-order valence-corrected chi connectivity index (χ4v) is 2.23. The number of nitrogens with zero attached hydrogens (tertiary/aromatic N) is 2. The van der Waals surface area contributed by atoms with E-state index in [0.717, 1.165) is 4.90 Å². The normalized spacial score (nSPS) is 13.5. The highest BCUT2D eigenvalue weighted by atomic mass is 16.5. The van der Waals surface area contributed by atoms with Crippen molar-refractivity contribution in [2.75, 3.05) is 17.2 Å². The van der Waals surface area contributed by atoms with Gasteiger partial charge in [-0.1, -0.05) is 0 Å². The average Bonchev–Trinajstić information content (AvgIpc) is 2.72. The molecule has 0 fully saturated rings. The van der Waals surface area contributed by atoms with Gasteiger partial charge >= 0.3 is 0 Å². The SMILES string of the molecule is CCOc1ccc(N2C(=O)c3ccc(N)cc3C2=O)cn1. The van der Waals surface area contributed by atoms with Crippen LogP contribution in [0.2, 0.25) is 0 Å². The van der Waals surface area contributed by atoms with E-state index in [1.165, 1.54) is 12.3 Å². The molecule has 0 unspecified atom stereocenters. The molecule has 0 aliphatic carbocycles. The van der Waals surface area contributed by atoms with Crippen LogP contribution in [0.15, 0.2) is 36.5 Å². The molecule has 1 aromatic carbocycles. The third-order valence-electron chi connectivity index (χ3n) is 3.18. The molecule has 6 heteroatoms. The highest BCUT2D eigenvalue weighted by Crippen LogP contribution is 2.29. The molecular weight excluding hydrogens is 270 g/mol. The van der Waals surface area contributed by atoms with Crippen molar-refractivity contribution < 1.29 is 14.3 Å². The van der Waals surface area contributed by atoms with Gasteiger partial charge in [0.05, 0.1) is 29.6 Å². The largest absolute Gasteiger partial charge is 0.478 e. The number of hydrogen-bond donors (Lipinski definition) is 1. The maximum atomic E-state index is 12.4. The fraction of sp³-hybridized carbons (Fsp3) is 0.133. The van der Waals surface area contributed by atoms with Gasteiger partial charge in [-0.15, -0.1) is 0 Å². The maximum Gasteiger partial charge on any atom is 0.266 e. The highest BCUT2D eigenvalue weighted by Gasteiger charge is 2.36. The number of amides is 2. The van der Waals surface area contributed by atoms with Crippen molar-refractivity contribution in [2.24, 2.45) is 0 Å². The Kier molecular flexibility index (Phi) is 3.06. The summed E-state index contributed by atoms with van der Waals surface area (Å²) in [4.78, 5) is 29.9. The molecule has 2 heterocycles. The number of nitrogen functional groups attached to an aromatic ring is 1. The van der Waals surface area contributed by atoms with Crippen LogP contribution in [0, 0.1) is 0 Å². The standard InChI is InChI=1S/C15H13N3O3/c1-2-21-13-6-4-10(8-17-13)18-14(19)11-5-3-9(16)7-12(11)15(18)20/h3-8H,2,16H2,1H3. The van der Waals surface area contributed by atoms with E-state index >= 15 is 0 Å². The summed E-state index contributed by atoms with van der Waals surface area (Å²) in [5.74, 6) is -0.323. The lowest BCUT2D eigenvalue weighted by atomic mass is 10.1. The molecule has 1 aromatic heterocycles. The molecule has 6 nitrogen and oxygen atoms in total. The second-order valence-corrected chi connectivity index (χ2v) is 4.54. The fourth-order valence-electron chi connectivity index (χ4n) is 2.23. The smallest absolute Gasteiger partial charge is 0.266 e. The Labute approximate surface area is 121 Å². The van der Waals surface area contributed by atoms with Gasteiger partial charge in [0.25, 0.3) is 11.8 Å². The number of carbonyl (C=O) groups is 2. The average molecular weight is 283 g/mol. The molecule has 106 valence electrons. The van der Waals surface area contributed by atoms with Gasteiger partial charge < -0.3 is 10.5 Å². The third-order valence-corrected chi connectivity index (χ3v) is 3.18. The molecule has 0 bridgehead atoms. The van der Waals surface area contributed by atoms with Crippen molar-refractivity contribution >= 4 is 23.2 Å². The van der Waals surface area contributed by atoms with E-state index in [2.05, 4.69) is 4.98 Å². The summed E-state index contributed by atoms with van der Waals surface area (Å²) < 4.78 is 5.24. The first kappa shape index (κ1) is 13.1. The number of benzene rings is 1. The van der Waals surface area contributed by atoms with E-state index in [4.69, 9.17) is 10.5 Å². The van der Waals surface area contributed by atoms with Crippen LogP contribution >= 0.6 is 0 Å². The Morgan fingerprint density at radius 1 is 1.14 bits per heavy atom. The van der Waals surface area contributed by atoms with Crippen LogP contribution in [-0.2, 0) is 0 Å². The summed E-state index contributed by atoms with van der Waals surface area (Å²) in [7, 11) is 0. The second kappa shape index (κ2) is 4.90. The topological polar surface area (TPSA) is 85.5 Å². The summed E-state index contributed by atoms with van der Waals surface area (Å²) in [6.45, 7) is 2.35. The molecule has 1 aliphatic heterocycles. The van der Waals surface area contributed by atoms with E-state index in [9.17, 15) is 9.59 Å². The minimum absolute atomic E-state index is 0.314. The lowest BCUT2D eigenvalue weighted by molar-refractivity contribution is 0.0926. The van der Waals surface area contributed by atoms with Crippen LogP contribution in [0.4, 0.5) is 11.4 Å². The molecule has 3 rings (SSSR count). The lowest BCUT2D eigenvalue weighted by Crippen LogP contribution is -2.29. The Morgan fingerprint density at radius 3 is 2.57 bits per heavy atom. The number of rotatable bonds is 3. The summed E-state index contributed by atoms with van der Waals surface area (Å²) in [6, 6.07) is 7.92. The minimum Gasteiger partial charge on any atom is -0.478 e. The number of fused-ring (bicyclic) bond motifs is 1. The number of pyridine rings is 1. The molecule has 1 aliphatic rings. The van der Waals surface area contributed by atoms with Gasteiger partial charge in [0.2, 0.25) is 5.88 Å². The van der Waals surface area contributed by atoms with Gasteiger partial charge in [0.1, 0.15) is 0 Å². The Morgan fingerprint density at radius 2 is 1.90 bits per heavy atom. The van der Waals surface area contributed by atoms with Gasteiger partial charge in [0.15, 0.2) is 0 Å². The number of aromatic nitrogens is 1. The predicted molar refractivity (Wildman–Crippen MR) is 77.4 cm³/mol. The van der Waals surface area contributed by atoms with Crippen molar-refractivity contribution in [2.45, 2.75) is 6.92 Å². The van der Waals surface area contributed by atoms with Crippen LogP contribution < -0.4 is 15.4 Å². The van der Waals surface area contributed by atoms with Gasteiger partial charge in [-0.25, -0.2) is 9.88 Å². The molecule has 0 saturated heterocycles. The van der Waals surface area contributed by atoms with Crippen molar-refractivity contribution in [1.29, 1.82) is 0 Å². The molecule has 21 heavy (non-hydrogen) atoms. The maximum absolute atomic E-state index is 12.4. The second-order valence-electron chi connectivity index (χ2n) is 4.54. The van der Waals surface area contributed by atoms with Crippen LogP contribution in [-0.4, -0.2) is 23.4 Å². The summed E-state index contributed by atoms with van der Waals surface area (Å²) in [5, 5.41) is 0. The third kappa shape index (κ3) is 2.10. The molecule has 2 N–H and O–H groups in total. The van der Waals surface area contributed by atoms with Crippen molar-refractivity contribution in [3.05, 3.63) is 47.7 Å². The quantitative estimate of drug-likeness (QED) is 0.686. The van der Waals surface area contributed by atoms with E-state index in [-0.39, 0.29) is 5.91 Å². The molecule has 0 saturated carbocycles. The summed E-state index contributed by atoms with van der Waals surface area (Å²) in [5.41, 5.74) is 7.18. The van der Waals surface area contributed by atoms with E-state index < -0.39 is 5.91 Å². The lowest BCUT2D eigenvalue weighted by Gasteiger charge is -2.13. The number of carbonyl (C=O) groups excluding carboxylic acids is 2. The zero-order valence-corrected chi connectivity index (χ0v) is 11.4. The van der Waals surface area contributed by atoms with Crippen molar-refractivity contribution in [3.8, 4) is 5.88 Å². The molecule has 0 atom stereocenters. The Hall–Kier alpha value is -2.89. The zero-order chi connectivity index (χ0) is 15.0. The number of anilines is 2. The predicted octanol–water partition coefficient (Wildman–Crippen LogP) is 1.86. The van der Waals surface area contributed by atoms with Crippen LogP contribution in [0.5, 0.6) is 5.88 Å². The van der Waals surface area contributed by atoms with Crippen LogP contribution in [0.1, 0.15) is 27.6 Å². The van der Waals surface area contributed by atoms with Crippen molar-refractivity contribution in [3.63, 3.8) is 0 Å². The monoisotopic (exact) mass is 283 g/mol. The number of nitrogens with two attached hydrogens (primary N) is 1. The van der Waals surface area contributed by atoms with E-state index in [1.54, 1.807) is 24.3 Å². The molecule has 0 spiro atoms. The van der Waals surface area contributed by atoms with Crippen LogP contribution in [0.3, 0.4) is 0 Å². The van der Waals surface area contributed by atoms with E-state index in [1.807, 2.05) is 6.92 Å². The first-order valence-electron chi connectivity index (χ1n) is 6.49. The highest BCUT2D eigenvalue weighted by molar-refractivity contribution is 6.34. The molecule has 2 amide bonds. The minimum atomic E-state index is -0.395. The zero-order valence-electron chi connectivity index (χ0n) is 11.4. The van der Waals surface area contributed by atoms with Gasteiger partial charge in [-0.3, -0.25) is 9.59 Å². The Balaban J connectivity index is 1.97. The summed E-state index contributed by atoms with van der Waals surface area (Å²) >= 11 is 0. The van der Waals surface area contributed by atoms with Gasteiger partial charge in [-0.05, 0) is 31.2 Å². The number of ether oxygens (including phenoxy) is 1. The van der Waals surface area contributed by atoms with Gasteiger partial charge in [-0.2, -0.15) is 0 Å².